The lowest BCUT2D eigenvalue weighted by molar-refractivity contribution is 0.0568. The molecule has 0 spiro atoms. The van der Waals surface area contributed by atoms with Crippen LogP contribution >= 0.6 is 0 Å². The minimum Gasteiger partial charge on any atom is -0.443 e. The number of amides is 1. The predicted molar refractivity (Wildman–Crippen MR) is 80.5 cm³/mol. The summed E-state index contributed by atoms with van der Waals surface area (Å²) in [5, 5.41) is 8.99. The van der Waals surface area contributed by atoms with E-state index in [2.05, 4.69) is 4.98 Å². The molecule has 0 saturated carbocycles. The highest BCUT2D eigenvalue weighted by Gasteiger charge is 2.24. The molecule has 1 amide bonds. The molecule has 0 aliphatic heterocycles. The molecular weight excluding hydrogens is 272 g/mol. The largest absolute Gasteiger partial charge is 0.443 e. The number of aromatic nitrogens is 1. The Morgan fingerprint density at radius 1 is 1.38 bits per heavy atom. The Morgan fingerprint density at radius 2 is 2.10 bits per heavy atom. The van der Waals surface area contributed by atoms with Crippen molar-refractivity contribution in [3.63, 3.8) is 0 Å². The molecule has 6 nitrogen and oxygen atoms in total. The summed E-state index contributed by atoms with van der Waals surface area (Å²) in [6.07, 6.45) is -0.0199. The quantitative estimate of drug-likeness (QED) is 0.869. The summed E-state index contributed by atoms with van der Waals surface area (Å²) in [5.74, 6) is 0.493. The summed E-state index contributed by atoms with van der Waals surface area (Å²) in [6, 6.07) is 5.35. The van der Waals surface area contributed by atoms with E-state index in [1.807, 2.05) is 26.8 Å². The maximum absolute atomic E-state index is 12.3. The number of carbonyl (C=O) groups is 1. The van der Waals surface area contributed by atoms with E-state index in [9.17, 15) is 4.79 Å². The molecule has 118 valence electrons. The average molecular weight is 296 g/mol. The summed E-state index contributed by atoms with van der Waals surface area (Å²) >= 11 is 0. The Balaban J connectivity index is 2.95. The first-order chi connectivity index (χ1) is 9.87. The van der Waals surface area contributed by atoms with Crippen LogP contribution in [-0.4, -0.2) is 48.7 Å². The topological polar surface area (TPSA) is 71.9 Å². The van der Waals surface area contributed by atoms with E-state index in [4.69, 9.17) is 14.6 Å². The zero-order chi connectivity index (χ0) is 15.9. The van der Waals surface area contributed by atoms with Crippen molar-refractivity contribution in [3.05, 3.63) is 23.9 Å². The van der Waals surface area contributed by atoms with Crippen molar-refractivity contribution in [2.75, 3.05) is 31.8 Å². The lowest BCUT2D eigenvalue weighted by atomic mass is 10.2. The normalized spacial score (nSPS) is 11.3. The van der Waals surface area contributed by atoms with Crippen LogP contribution in [0.2, 0.25) is 0 Å². The number of hydrogen-bond acceptors (Lipinski definition) is 5. The second kappa shape index (κ2) is 7.95. The Kier molecular flexibility index (Phi) is 6.58. The molecule has 0 atom stereocenters. The summed E-state index contributed by atoms with van der Waals surface area (Å²) in [5.41, 5.74) is 0.145. The van der Waals surface area contributed by atoms with E-state index < -0.39 is 11.7 Å². The van der Waals surface area contributed by atoms with E-state index in [0.29, 0.717) is 25.4 Å². The van der Waals surface area contributed by atoms with Crippen molar-refractivity contribution in [3.8, 4) is 0 Å². The summed E-state index contributed by atoms with van der Waals surface area (Å²) in [7, 11) is 1.57. The number of carbonyl (C=O) groups excluding carboxylic acids is 1. The molecule has 0 fully saturated rings. The van der Waals surface area contributed by atoms with Crippen LogP contribution in [0.25, 0.3) is 0 Å². The Bertz CT molecular complexity index is 457. The van der Waals surface area contributed by atoms with Gasteiger partial charge in [-0.15, -0.1) is 0 Å². The van der Waals surface area contributed by atoms with Gasteiger partial charge in [-0.3, -0.25) is 4.90 Å². The first-order valence-electron chi connectivity index (χ1n) is 6.93. The highest BCUT2D eigenvalue weighted by molar-refractivity contribution is 5.86. The first kappa shape index (κ1) is 17.4. The molecule has 0 aliphatic carbocycles. The molecule has 0 aliphatic rings. The monoisotopic (exact) mass is 296 g/mol. The maximum atomic E-state index is 12.3. The summed E-state index contributed by atoms with van der Waals surface area (Å²) < 4.78 is 10.4. The molecule has 1 rings (SSSR count). The summed E-state index contributed by atoms with van der Waals surface area (Å²) in [4.78, 5) is 18.1. The van der Waals surface area contributed by atoms with Crippen molar-refractivity contribution in [1.82, 2.24) is 4.98 Å². The number of methoxy groups -OCH3 is 1. The molecular formula is C15H24N2O4. The molecule has 6 heteroatoms. The fraction of sp³-hybridized carbons (Fsp3) is 0.600. The molecule has 1 aromatic rings. The minimum absolute atomic E-state index is 0.0148. The van der Waals surface area contributed by atoms with E-state index >= 15 is 0 Å². The number of pyridine rings is 1. The van der Waals surface area contributed by atoms with Crippen molar-refractivity contribution in [2.24, 2.45) is 0 Å². The smallest absolute Gasteiger partial charge is 0.416 e. The lowest BCUT2D eigenvalue weighted by Crippen LogP contribution is -2.39. The molecule has 0 radical (unpaired) electrons. The van der Waals surface area contributed by atoms with Gasteiger partial charge in [0.25, 0.3) is 0 Å². The Hall–Kier alpha value is -1.66. The molecule has 0 bridgehead atoms. The second-order valence-electron chi connectivity index (χ2n) is 5.59. The third-order valence-electron chi connectivity index (χ3n) is 2.57. The van der Waals surface area contributed by atoms with E-state index in [1.165, 1.54) is 4.90 Å². The zero-order valence-corrected chi connectivity index (χ0v) is 13.1. The van der Waals surface area contributed by atoms with Gasteiger partial charge in [0.2, 0.25) is 0 Å². The molecule has 0 unspecified atom stereocenters. The fourth-order valence-corrected chi connectivity index (χ4v) is 1.67. The van der Waals surface area contributed by atoms with Gasteiger partial charge in [-0.05, 0) is 32.9 Å². The van der Waals surface area contributed by atoms with Crippen molar-refractivity contribution >= 4 is 11.9 Å². The van der Waals surface area contributed by atoms with Gasteiger partial charge in [-0.1, -0.05) is 6.07 Å². The fourth-order valence-electron chi connectivity index (χ4n) is 1.67. The number of aliphatic hydroxyl groups is 1. The number of nitrogens with zero attached hydrogens (tertiary/aromatic N) is 2. The van der Waals surface area contributed by atoms with Crippen molar-refractivity contribution in [2.45, 2.75) is 32.8 Å². The minimum atomic E-state index is -0.578. The molecule has 0 aromatic carbocycles. The van der Waals surface area contributed by atoms with Crippen molar-refractivity contribution in [1.29, 1.82) is 0 Å². The SMILES string of the molecule is COCCN(C(=O)OC(C)(C)C)c1cccc(CCO)n1. The van der Waals surface area contributed by atoms with E-state index in [1.54, 1.807) is 19.2 Å². The average Bonchev–Trinajstić information content (AvgIpc) is 2.38. The van der Waals surface area contributed by atoms with Crippen LogP contribution in [0.15, 0.2) is 18.2 Å². The van der Waals surface area contributed by atoms with E-state index in [0.717, 1.165) is 5.69 Å². The number of aliphatic hydroxyl groups excluding tert-OH is 1. The van der Waals surface area contributed by atoms with Gasteiger partial charge in [0.05, 0.1) is 13.2 Å². The van der Waals surface area contributed by atoms with Gasteiger partial charge in [0.1, 0.15) is 11.4 Å². The third-order valence-corrected chi connectivity index (χ3v) is 2.57. The molecule has 1 heterocycles. The predicted octanol–water partition coefficient (Wildman–Crippen LogP) is 2.00. The molecule has 1 N–H and O–H groups in total. The number of anilines is 1. The van der Waals surface area contributed by atoms with Gasteiger partial charge >= 0.3 is 6.09 Å². The van der Waals surface area contributed by atoms with E-state index in [-0.39, 0.29) is 6.61 Å². The van der Waals surface area contributed by atoms with Crippen LogP contribution in [0.3, 0.4) is 0 Å². The van der Waals surface area contributed by atoms with Crippen LogP contribution in [-0.2, 0) is 15.9 Å². The molecule has 21 heavy (non-hydrogen) atoms. The van der Waals surface area contributed by atoms with Crippen LogP contribution in [0, 0.1) is 0 Å². The molecule has 1 aromatic heterocycles. The van der Waals surface area contributed by atoms with Crippen LogP contribution in [0.1, 0.15) is 26.5 Å². The van der Waals surface area contributed by atoms with Gasteiger partial charge < -0.3 is 14.6 Å². The third kappa shape index (κ3) is 6.10. The lowest BCUT2D eigenvalue weighted by Gasteiger charge is -2.26. The van der Waals surface area contributed by atoms with Gasteiger partial charge in [-0.2, -0.15) is 0 Å². The van der Waals surface area contributed by atoms with Gasteiger partial charge in [-0.25, -0.2) is 9.78 Å². The second-order valence-corrected chi connectivity index (χ2v) is 5.59. The Morgan fingerprint density at radius 3 is 2.67 bits per heavy atom. The van der Waals surface area contributed by atoms with Crippen LogP contribution in [0.5, 0.6) is 0 Å². The number of rotatable bonds is 6. The highest BCUT2D eigenvalue weighted by Crippen LogP contribution is 2.16. The maximum Gasteiger partial charge on any atom is 0.416 e. The highest BCUT2D eigenvalue weighted by atomic mass is 16.6. The molecule has 0 saturated heterocycles. The van der Waals surface area contributed by atoms with Gasteiger partial charge in [0.15, 0.2) is 0 Å². The van der Waals surface area contributed by atoms with Crippen molar-refractivity contribution < 1.29 is 19.4 Å². The van der Waals surface area contributed by atoms with Crippen LogP contribution in [0.4, 0.5) is 10.6 Å². The van der Waals surface area contributed by atoms with Crippen LogP contribution < -0.4 is 4.90 Å². The van der Waals surface area contributed by atoms with Gasteiger partial charge in [0, 0.05) is 25.8 Å². The number of ether oxygens (including phenoxy) is 2. The standard InChI is InChI=1S/C15H24N2O4/c1-15(2,3)21-14(19)17(9-11-20-4)13-7-5-6-12(16-13)8-10-18/h5-7,18H,8-11H2,1-4H3. The first-order valence-corrected chi connectivity index (χ1v) is 6.93. The Labute approximate surface area is 125 Å². The zero-order valence-electron chi connectivity index (χ0n) is 13.1. The number of hydrogen-bond donors (Lipinski definition) is 1. The summed E-state index contributed by atoms with van der Waals surface area (Å²) in [6.45, 7) is 6.19.